The quantitative estimate of drug-likeness (QED) is 0.821. The number of hydrogen-bond acceptors (Lipinski definition) is 4. The van der Waals surface area contributed by atoms with E-state index in [-0.39, 0.29) is 16.8 Å². The third-order valence-corrected chi connectivity index (χ3v) is 4.08. The first kappa shape index (κ1) is 17.6. The van der Waals surface area contributed by atoms with Gasteiger partial charge in [-0.25, -0.2) is 13.6 Å². The molecule has 6 nitrogen and oxygen atoms in total. The number of benzene rings is 1. The van der Waals surface area contributed by atoms with E-state index in [1.807, 2.05) is 13.8 Å². The third-order valence-electron chi connectivity index (χ3n) is 3.02. The van der Waals surface area contributed by atoms with Gasteiger partial charge in [-0.2, -0.15) is 0 Å². The van der Waals surface area contributed by atoms with Crippen molar-refractivity contribution in [1.82, 2.24) is 5.32 Å². The molecular formula is C14H22N2O4S. The standard InChI is InChI=1S/C14H22N2O4S/c1-5-20-8-11(4)16-14(17)12-7-13(21(15,18)19)10(3)6-9(12)2/h6-7,11H,5,8H2,1-4H3,(H,16,17)(H2,15,18,19). The molecule has 0 saturated heterocycles. The zero-order valence-corrected chi connectivity index (χ0v) is 13.6. The minimum atomic E-state index is -3.85. The summed E-state index contributed by atoms with van der Waals surface area (Å²) in [5.41, 5.74) is 1.52. The summed E-state index contributed by atoms with van der Waals surface area (Å²) in [6.45, 7) is 8.05. The van der Waals surface area contributed by atoms with Gasteiger partial charge in [-0.1, -0.05) is 6.07 Å². The number of ether oxygens (including phenoxy) is 1. The summed E-state index contributed by atoms with van der Waals surface area (Å²) in [4.78, 5) is 12.2. The molecule has 21 heavy (non-hydrogen) atoms. The van der Waals surface area contributed by atoms with E-state index in [9.17, 15) is 13.2 Å². The number of amides is 1. The smallest absolute Gasteiger partial charge is 0.251 e. The van der Waals surface area contributed by atoms with E-state index in [1.54, 1.807) is 19.9 Å². The van der Waals surface area contributed by atoms with Gasteiger partial charge in [0, 0.05) is 18.2 Å². The number of nitrogens with one attached hydrogen (secondary N) is 1. The third kappa shape index (κ3) is 4.80. The molecule has 0 aliphatic rings. The van der Waals surface area contributed by atoms with E-state index in [4.69, 9.17) is 9.88 Å². The Morgan fingerprint density at radius 2 is 1.95 bits per heavy atom. The van der Waals surface area contributed by atoms with Crippen LogP contribution in [0.3, 0.4) is 0 Å². The van der Waals surface area contributed by atoms with Gasteiger partial charge >= 0.3 is 0 Å². The van der Waals surface area contributed by atoms with Gasteiger partial charge in [0.15, 0.2) is 0 Å². The van der Waals surface area contributed by atoms with Gasteiger partial charge in [-0.15, -0.1) is 0 Å². The highest BCUT2D eigenvalue weighted by Crippen LogP contribution is 2.19. The van der Waals surface area contributed by atoms with Gasteiger partial charge in [0.2, 0.25) is 10.0 Å². The highest BCUT2D eigenvalue weighted by Gasteiger charge is 2.18. The average Bonchev–Trinajstić information content (AvgIpc) is 2.34. The van der Waals surface area contributed by atoms with Crippen LogP contribution in [0.25, 0.3) is 0 Å². The lowest BCUT2D eigenvalue weighted by Gasteiger charge is -2.16. The van der Waals surface area contributed by atoms with E-state index >= 15 is 0 Å². The van der Waals surface area contributed by atoms with Crippen LogP contribution in [-0.2, 0) is 14.8 Å². The van der Waals surface area contributed by atoms with Crippen LogP contribution in [0.15, 0.2) is 17.0 Å². The van der Waals surface area contributed by atoms with Gasteiger partial charge < -0.3 is 10.1 Å². The van der Waals surface area contributed by atoms with Crippen LogP contribution in [0.5, 0.6) is 0 Å². The first-order valence-corrected chi connectivity index (χ1v) is 8.24. The maximum absolute atomic E-state index is 12.2. The molecule has 1 atom stereocenters. The molecular weight excluding hydrogens is 292 g/mol. The Balaban J connectivity index is 3.05. The van der Waals surface area contributed by atoms with E-state index in [0.717, 1.165) is 0 Å². The van der Waals surface area contributed by atoms with E-state index in [1.165, 1.54) is 6.07 Å². The van der Waals surface area contributed by atoms with Crippen molar-refractivity contribution in [2.45, 2.75) is 38.6 Å². The summed E-state index contributed by atoms with van der Waals surface area (Å²) < 4.78 is 28.3. The van der Waals surface area contributed by atoms with Gasteiger partial charge in [0.05, 0.1) is 11.5 Å². The monoisotopic (exact) mass is 314 g/mol. The molecule has 0 spiro atoms. The van der Waals surface area contributed by atoms with E-state index < -0.39 is 10.0 Å². The van der Waals surface area contributed by atoms with Crippen molar-refractivity contribution < 1.29 is 17.9 Å². The number of carbonyl (C=O) groups excluding carboxylic acids is 1. The maximum atomic E-state index is 12.2. The summed E-state index contributed by atoms with van der Waals surface area (Å²) in [7, 11) is -3.85. The SMILES string of the molecule is CCOCC(C)NC(=O)c1cc(S(N)(=O)=O)c(C)cc1C. The van der Waals surface area contributed by atoms with Crippen LogP contribution >= 0.6 is 0 Å². The number of aryl methyl sites for hydroxylation is 2. The molecule has 1 unspecified atom stereocenters. The Kier molecular flexibility index (Phi) is 5.88. The number of sulfonamides is 1. The van der Waals surface area contributed by atoms with Gasteiger partial charge in [0.1, 0.15) is 0 Å². The van der Waals surface area contributed by atoms with Crippen molar-refractivity contribution in [2.75, 3.05) is 13.2 Å². The summed E-state index contributed by atoms with van der Waals surface area (Å²) in [5.74, 6) is -0.343. The van der Waals surface area contributed by atoms with Crippen molar-refractivity contribution in [3.63, 3.8) is 0 Å². The zero-order valence-electron chi connectivity index (χ0n) is 12.8. The van der Waals surface area contributed by atoms with Crippen LogP contribution in [0.4, 0.5) is 0 Å². The van der Waals surface area contributed by atoms with Gasteiger partial charge in [0.25, 0.3) is 5.91 Å². The van der Waals surface area contributed by atoms with Crippen LogP contribution in [0.2, 0.25) is 0 Å². The summed E-state index contributed by atoms with van der Waals surface area (Å²) in [6, 6.07) is 2.79. The molecule has 1 aromatic carbocycles. The second kappa shape index (κ2) is 7.02. The molecule has 0 bridgehead atoms. The first-order valence-electron chi connectivity index (χ1n) is 6.69. The molecule has 0 aromatic heterocycles. The van der Waals surface area contributed by atoms with Crippen molar-refractivity contribution in [3.8, 4) is 0 Å². The number of hydrogen-bond donors (Lipinski definition) is 2. The topological polar surface area (TPSA) is 98.5 Å². The van der Waals surface area contributed by atoms with Crippen molar-refractivity contribution in [2.24, 2.45) is 5.14 Å². The Morgan fingerprint density at radius 3 is 2.48 bits per heavy atom. The lowest BCUT2D eigenvalue weighted by molar-refractivity contribution is 0.0871. The van der Waals surface area contributed by atoms with Crippen LogP contribution < -0.4 is 10.5 Å². The molecule has 118 valence electrons. The minimum absolute atomic E-state index is 0.0317. The molecule has 0 aliphatic heterocycles. The summed E-state index contributed by atoms with van der Waals surface area (Å²) in [5, 5.41) is 7.93. The van der Waals surface area contributed by atoms with E-state index in [2.05, 4.69) is 5.32 Å². The Hall–Kier alpha value is -1.44. The highest BCUT2D eigenvalue weighted by atomic mass is 32.2. The van der Waals surface area contributed by atoms with Crippen LogP contribution in [-0.4, -0.2) is 33.6 Å². The van der Waals surface area contributed by atoms with Crippen LogP contribution in [0.1, 0.15) is 35.3 Å². The largest absolute Gasteiger partial charge is 0.380 e. The highest BCUT2D eigenvalue weighted by molar-refractivity contribution is 7.89. The number of nitrogens with two attached hydrogens (primary N) is 1. The fraction of sp³-hybridized carbons (Fsp3) is 0.500. The molecule has 1 rings (SSSR count). The summed E-state index contributed by atoms with van der Waals surface area (Å²) >= 11 is 0. The second-order valence-electron chi connectivity index (χ2n) is 5.01. The maximum Gasteiger partial charge on any atom is 0.251 e. The van der Waals surface area contributed by atoms with Gasteiger partial charge in [-0.05, 0) is 44.9 Å². The average molecular weight is 314 g/mol. The van der Waals surface area contributed by atoms with Gasteiger partial charge in [-0.3, -0.25) is 4.79 Å². The normalized spacial score (nSPS) is 13.0. The minimum Gasteiger partial charge on any atom is -0.380 e. The lowest BCUT2D eigenvalue weighted by Crippen LogP contribution is -2.36. The molecule has 0 saturated carbocycles. The van der Waals surface area contributed by atoms with Crippen LogP contribution in [0, 0.1) is 13.8 Å². The number of primary sulfonamides is 1. The molecule has 1 aromatic rings. The zero-order chi connectivity index (χ0) is 16.2. The molecule has 0 aliphatic carbocycles. The predicted molar refractivity (Wildman–Crippen MR) is 80.7 cm³/mol. The molecule has 0 heterocycles. The molecule has 7 heteroatoms. The van der Waals surface area contributed by atoms with Crippen molar-refractivity contribution in [3.05, 3.63) is 28.8 Å². The second-order valence-corrected chi connectivity index (χ2v) is 6.54. The molecule has 0 fully saturated rings. The van der Waals surface area contributed by atoms with Crippen molar-refractivity contribution >= 4 is 15.9 Å². The first-order chi connectivity index (χ1) is 9.66. The Labute approximate surface area is 125 Å². The lowest BCUT2D eigenvalue weighted by atomic mass is 10.0. The number of carbonyl (C=O) groups is 1. The van der Waals surface area contributed by atoms with E-state index in [0.29, 0.717) is 29.9 Å². The fourth-order valence-corrected chi connectivity index (χ4v) is 2.81. The molecule has 1 amide bonds. The Bertz CT molecular complexity index is 626. The Morgan fingerprint density at radius 1 is 1.33 bits per heavy atom. The fourth-order valence-electron chi connectivity index (χ4n) is 2.02. The number of rotatable bonds is 6. The summed E-state index contributed by atoms with van der Waals surface area (Å²) in [6.07, 6.45) is 0. The molecule has 0 radical (unpaired) electrons. The molecule has 3 N–H and O–H groups in total. The predicted octanol–water partition coefficient (Wildman–Crippen LogP) is 1.11. The van der Waals surface area contributed by atoms with Crippen molar-refractivity contribution in [1.29, 1.82) is 0 Å².